The molecule has 1 amide bonds. The number of piperidine rings is 1. The van der Waals surface area contributed by atoms with Gasteiger partial charge in [0.15, 0.2) is 0 Å². The van der Waals surface area contributed by atoms with Gasteiger partial charge in [0.2, 0.25) is 5.91 Å². The molecular formula is C11H20N2O4. The van der Waals surface area contributed by atoms with Crippen molar-refractivity contribution >= 4 is 11.9 Å². The number of nitrogens with two attached hydrogens (primary N) is 1. The molecule has 0 aromatic carbocycles. The Bertz CT molecular complexity index is 279. The monoisotopic (exact) mass is 244 g/mol. The van der Waals surface area contributed by atoms with E-state index in [1.807, 2.05) is 0 Å². The van der Waals surface area contributed by atoms with Gasteiger partial charge in [0, 0.05) is 26.7 Å². The first kappa shape index (κ1) is 13.9. The third-order valence-corrected chi connectivity index (χ3v) is 3.12. The van der Waals surface area contributed by atoms with Crippen molar-refractivity contribution in [2.75, 3.05) is 26.7 Å². The van der Waals surface area contributed by atoms with Crippen LogP contribution >= 0.6 is 0 Å². The zero-order chi connectivity index (χ0) is 12.8. The summed E-state index contributed by atoms with van der Waals surface area (Å²) in [6.07, 6.45) is 1.32. The van der Waals surface area contributed by atoms with E-state index in [9.17, 15) is 9.59 Å². The summed E-state index contributed by atoms with van der Waals surface area (Å²) in [5.74, 6) is -1.34. The SMILES string of the molecule is COC(CN)CC(=O)N1CCCC(C(=O)O)C1. The van der Waals surface area contributed by atoms with Crippen LogP contribution in [-0.2, 0) is 14.3 Å². The Morgan fingerprint density at radius 2 is 2.29 bits per heavy atom. The third kappa shape index (κ3) is 3.98. The molecule has 2 atom stereocenters. The van der Waals surface area contributed by atoms with Crippen LogP contribution in [0.1, 0.15) is 19.3 Å². The van der Waals surface area contributed by atoms with Crippen LogP contribution in [0.3, 0.4) is 0 Å². The number of nitrogens with zero attached hydrogens (tertiary/aromatic N) is 1. The fourth-order valence-electron chi connectivity index (χ4n) is 1.99. The first-order valence-corrected chi connectivity index (χ1v) is 5.82. The highest BCUT2D eigenvalue weighted by Crippen LogP contribution is 2.17. The van der Waals surface area contributed by atoms with Crippen LogP contribution < -0.4 is 5.73 Å². The molecule has 0 aromatic heterocycles. The van der Waals surface area contributed by atoms with Crippen molar-refractivity contribution in [1.29, 1.82) is 0 Å². The second kappa shape index (κ2) is 6.56. The molecular weight excluding hydrogens is 224 g/mol. The molecule has 3 N–H and O–H groups in total. The number of hydrogen-bond acceptors (Lipinski definition) is 4. The van der Waals surface area contributed by atoms with E-state index in [-0.39, 0.29) is 18.4 Å². The van der Waals surface area contributed by atoms with E-state index >= 15 is 0 Å². The lowest BCUT2D eigenvalue weighted by molar-refractivity contribution is -0.146. The zero-order valence-electron chi connectivity index (χ0n) is 10.1. The Kier molecular flexibility index (Phi) is 5.37. The van der Waals surface area contributed by atoms with Crippen LogP contribution in [0.4, 0.5) is 0 Å². The van der Waals surface area contributed by atoms with Crippen LogP contribution in [-0.4, -0.2) is 54.7 Å². The molecule has 0 saturated carbocycles. The normalized spacial score (nSPS) is 22.2. The lowest BCUT2D eigenvalue weighted by atomic mass is 9.98. The standard InChI is InChI=1S/C11H20N2O4/c1-17-9(6-12)5-10(14)13-4-2-3-8(7-13)11(15)16/h8-9H,2-7,12H2,1H3,(H,15,16). The molecule has 0 bridgehead atoms. The van der Waals surface area contributed by atoms with E-state index in [0.717, 1.165) is 6.42 Å². The molecule has 1 rings (SSSR count). The van der Waals surface area contributed by atoms with E-state index in [1.54, 1.807) is 4.90 Å². The topological polar surface area (TPSA) is 92.9 Å². The van der Waals surface area contributed by atoms with Crippen molar-refractivity contribution in [1.82, 2.24) is 4.90 Å². The van der Waals surface area contributed by atoms with Gasteiger partial charge in [0.05, 0.1) is 18.4 Å². The van der Waals surface area contributed by atoms with Crippen molar-refractivity contribution in [2.45, 2.75) is 25.4 Å². The third-order valence-electron chi connectivity index (χ3n) is 3.12. The number of carbonyl (C=O) groups excluding carboxylic acids is 1. The summed E-state index contributed by atoms with van der Waals surface area (Å²) in [5, 5.41) is 8.93. The van der Waals surface area contributed by atoms with Crippen LogP contribution in [0.2, 0.25) is 0 Å². The Morgan fingerprint density at radius 3 is 2.82 bits per heavy atom. The molecule has 0 aromatic rings. The van der Waals surface area contributed by atoms with Gasteiger partial charge >= 0.3 is 5.97 Å². The number of aliphatic carboxylic acids is 1. The average molecular weight is 244 g/mol. The summed E-state index contributed by atoms with van der Waals surface area (Å²) in [6.45, 7) is 1.22. The number of rotatable bonds is 5. The van der Waals surface area contributed by atoms with Crippen LogP contribution in [0.5, 0.6) is 0 Å². The summed E-state index contributed by atoms with van der Waals surface area (Å²) in [6, 6.07) is 0. The van der Waals surface area contributed by atoms with Crippen molar-refractivity contribution in [2.24, 2.45) is 11.7 Å². The maximum absolute atomic E-state index is 11.9. The number of carboxylic acid groups (broad SMARTS) is 1. The quantitative estimate of drug-likeness (QED) is 0.691. The number of hydrogen-bond donors (Lipinski definition) is 2. The summed E-state index contributed by atoms with van der Waals surface area (Å²) in [7, 11) is 1.51. The molecule has 1 fully saturated rings. The van der Waals surface area contributed by atoms with E-state index in [2.05, 4.69) is 0 Å². The van der Waals surface area contributed by atoms with Crippen LogP contribution in [0, 0.1) is 5.92 Å². The Labute approximate surface area is 101 Å². The lowest BCUT2D eigenvalue weighted by Gasteiger charge is -2.31. The summed E-state index contributed by atoms with van der Waals surface area (Å²) < 4.78 is 5.05. The Hall–Kier alpha value is -1.14. The number of carboxylic acids is 1. The van der Waals surface area contributed by atoms with Crippen molar-refractivity contribution in [3.63, 3.8) is 0 Å². The number of ether oxygens (including phenoxy) is 1. The maximum Gasteiger partial charge on any atom is 0.308 e. The highest BCUT2D eigenvalue weighted by Gasteiger charge is 2.28. The van der Waals surface area contributed by atoms with Gasteiger partial charge in [-0.25, -0.2) is 0 Å². The van der Waals surface area contributed by atoms with Gasteiger partial charge in [-0.05, 0) is 12.8 Å². The molecule has 6 nitrogen and oxygen atoms in total. The average Bonchev–Trinajstić information content (AvgIpc) is 2.35. The molecule has 0 radical (unpaired) electrons. The van der Waals surface area contributed by atoms with Crippen LogP contribution in [0.25, 0.3) is 0 Å². The molecule has 1 heterocycles. The molecule has 1 aliphatic heterocycles. The molecule has 2 unspecified atom stereocenters. The minimum Gasteiger partial charge on any atom is -0.481 e. The Balaban J connectivity index is 2.48. The summed E-state index contributed by atoms with van der Waals surface area (Å²) in [4.78, 5) is 24.4. The number of methoxy groups -OCH3 is 1. The van der Waals surface area contributed by atoms with Gasteiger partial charge in [0.1, 0.15) is 0 Å². The van der Waals surface area contributed by atoms with E-state index in [1.165, 1.54) is 7.11 Å². The molecule has 98 valence electrons. The first-order valence-electron chi connectivity index (χ1n) is 5.82. The zero-order valence-corrected chi connectivity index (χ0v) is 10.1. The predicted octanol–water partition coefficient (Wildman–Crippen LogP) is -0.327. The number of likely N-dealkylation sites (tertiary alicyclic amines) is 1. The largest absolute Gasteiger partial charge is 0.481 e. The van der Waals surface area contributed by atoms with Crippen molar-refractivity contribution in [3.8, 4) is 0 Å². The van der Waals surface area contributed by atoms with Crippen molar-refractivity contribution < 1.29 is 19.4 Å². The smallest absolute Gasteiger partial charge is 0.308 e. The Morgan fingerprint density at radius 1 is 1.59 bits per heavy atom. The van der Waals surface area contributed by atoms with E-state index < -0.39 is 11.9 Å². The number of carbonyl (C=O) groups is 2. The molecule has 17 heavy (non-hydrogen) atoms. The molecule has 0 spiro atoms. The van der Waals surface area contributed by atoms with Crippen molar-refractivity contribution in [3.05, 3.63) is 0 Å². The minimum atomic E-state index is -0.829. The number of amides is 1. The molecule has 0 aliphatic carbocycles. The van der Waals surface area contributed by atoms with Gasteiger partial charge in [-0.3, -0.25) is 9.59 Å². The van der Waals surface area contributed by atoms with Gasteiger partial charge in [-0.1, -0.05) is 0 Å². The molecule has 1 aliphatic rings. The van der Waals surface area contributed by atoms with Gasteiger partial charge < -0.3 is 20.5 Å². The second-order valence-corrected chi connectivity index (χ2v) is 4.31. The van der Waals surface area contributed by atoms with Gasteiger partial charge in [0.25, 0.3) is 0 Å². The fraction of sp³-hybridized carbons (Fsp3) is 0.818. The minimum absolute atomic E-state index is 0.0757. The fourth-order valence-corrected chi connectivity index (χ4v) is 1.99. The molecule has 1 saturated heterocycles. The summed E-state index contributed by atoms with van der Waals surface area (Å²) in [5.41, 5.74) is 5.45. The van der Waals surface area contributed by atoms with Gasteiger partial charge in [-0.15, -0.1) is 0 Å². The van der Waals surface area contributed by atoms with E-state index in [4.69, 9.17) is 15.6 Å². The molecule has 6 heteroatoms. The van der Waals surface area contributed by atoms with E-state index in [0.29, 0.717) is 26.1 Å². The van der Waals surface area contributed by atoms with Crippen LogP contribution in [0.15, 0.2) is 0 Å². The summed E-state index contributed by atoms with van der Waals surface area (Å²) >= 11 is 0. The lowest BCUT2D eigenvalue weighted by Crippen LogP contribution is -2.44. The second-order valence-electron chi connectivity index (χ2n) is 4.31. The highest BCUT2D eigenvalue weighted by atomic mass is 16.5. The highest BCUT2D eigenvalue weighted by molar-refractivity contribution is 5.78. The predicted molar refractivity (Wildman–Crippen MR) is 61.4 cm³/mol. The first-order chi connectivity index (χ1) is 8.08. The maximum atomic E-state index is 11.9. The van der Waals surface area contributed by atoms with Gasteiger partial charge in [-0.2, -0.15) is 0 Å².